The van der Waals surface area contributed by atoms with Gasteiger partial charge in [-0.3, -0.25) is 20.4 Å². The number of rotatable bonds is 3. The summed E-state index contributed by atoms with van der Waals surface area (Å²) in [6, 6.07) is 9.53. The highest BCUT2D eigenvalue weighted by atomic mass is 16.2. The van der Waals surface area contributed by atoms with Crippen LogP contribution < -0.4 is 10.9 Å². The SMILES string of the molecule is O=C(NNC(=O)C1CCCCC1)c1cnn(-c2ccccc2)c1. The molecule has 23 heavy (non-hydrogen) atoms. The molecule has 0 aliphatic heterocycles. The molecule has 0 atom stereocenters. The van der Waals surface area contributed by atoms with E-state index in [0.717, 1.165) is 31.4 Å². The third kappa shape index (κ3) is 3.77. The zero-order valence-electron chi connectivity index (χ0n) is 12.9. The van der Waals surface area contributed by atoms with Gasteiger partial charge < -0.3 is 0 Å². The van der Waals surface area contributed by atoms with Crippen molar-refractivity contribution in [3.63, 3.8) is 0 Å². The van der Waals surface area contributed by atoms with Crippen LogP contribution in [-0.2, 0) is 4.79 Å². The number of hydrazine groups is 1. The fraction of sp³-hybridized carbons (Fsp3) is 0.353. The minimum Gasteiger partial charge on any atom is -0.273 e. The Morgan fingerprint density at radius 3 is 2.52 bits per heavy atom. The topological polar surface area (TPSA) is 76.0 Å². The van der Waals surface area contributed by atoms with Crippen LogP contribution in [0.3, 0.4) is 0 Å². The second-order valence-corrected chi connectivity index (χ2v) is 5.79. The molecule has 0 unspecified atom stereocenters. The van der Waals surface area contributed by atoms with E-state index >= 15 is 0 Å². The maximum absolute atomic E-state index is 12.1. The zero-order valence-corrected chi connectivity index (χ0v) is 12.9. The van der Waals surface area contributed by atoms with Crippen molar-refractivity contribution in [2.45, 2.75) is 32.1 Å². The summed E-state index contributed by atoms with van der Waals surface area (Å²) >= 11 is 0. The van der Waals surface area contributed by atoms with E-state index in [1.165, 1.54) is 12.6 Å². The van der Waals surface area contributed by atoms with E-state index in [0.29, 0.717) is 5.56 Å². The summed E-state index contributed by atoms with van der Waals surface area (Å²) in [5, 5.41) is 4.17. The van der Waals surface area contributed by atoms with E-state index in [1.807, 2.05) is 30.3 Å². The second kappa shape index (κ2) is 7.09. The quantitative estimate of drug-likeness (QED) is 0.853. The molecule has 2 N–H and O–H groups in total. The van der Waals surface area contributed by atoms with Crippen LogP contribution in [0.2, 0.25) is 0 Å². The molecule has 2 amide bonds. The minimum absolute atomic E-state index is 0.0103. The van der Waals surface area contributed by atoms with E-state index in [1.54, 1.807) is 10.9 Å². The van der Waals surface area contributed by atoms with Crippen LogP contribution in [0.1, 0.15) is 42.5 Å². The fourth-order valence-electron chi connectivity index (χ4n) is 2.82. The molecule has 0 spiro atoms. The highest BCUT2D eigenvalue weighted by Gasteiger charge is 2.21. The lowest BCUT2D eigenvalue weighted by Gasteiger charge is -2.20. The van der Waals surface area contributed by atoms with Gasteiger partial charge in [0.25, 0.3) is 5.91 Å². The number of amides is 2. The first-order valence-electron chi connectivity index (χ1n) is 7.94. The van der Waals surface area contributed by atoms with Gasteiger partial charge in [-0.15, -0.1) is 0 Å². The largest absolute Gasteiger partial charge is 0.273 e. The summed E-state index contributed by atoms with van der Waals surface area (Å²) in [6.07, 6.45) is 8.26. The Kier molecular flexibility index (Phi) is 4.71. The van der Waals surface area contributed by atoms with Gasteiger partial charge in [0, 0.05) is 12.1 Å². The van der Waals surface area contributed by atoms with E-state index in [2.05, 4.69) is 16.0 Å². The molecule has 0 radical (unpaired) electrons. The lowest BCUT2D eigenvalue weighted by atomic mass is 9.89. The van der Waals surface area contributed by atoms with Crippen LogP contribution in [-0.4, -0.2) is 21.6 Å². The molecular formula is C17H20N4O2. The molecule has 1 heterocycles. The predicted molar refractivity (Wildman–Crippen MR) is 85.7 cm³/mol. The normalized spacial score (nSPS) is 15.1. The van der Waals surface area contributed by atoms with Gasteiger partial charge in [0.15, 0.2) is 0 Å². The lowest BCUT2D eigenvalue weighted by Crippen LogP contribution is -2.44. The standard InChI is InChI=1S/C17H20N4O2/c22-16(13-7-3-1-4-8-13)19-20-17(23)14-11-18-21(12-14)15-9-5-2-6-10-15/h2,5-6,9-13H,1,3-4,7-8H2,(H,19,22)(H,20,23). The predicted octanol–water partition coefficient (Wildman–Crippen LogP) is 2.21. The molecule has 6 heteroatoms. The summed E-state index contributed by atoms with van der Waals surface area (Å²) in [4.78, 5) is 24.1. The number of nitrogens with one attached hydrogen (secondary N) is 2. The number of nitrogens with zero attached hydrogens (tertiary/aromatic N) is 2. The number of para-hydroxylation sites is 1. The van der Waals surface area contributed by atoms with Crippen molar-refractivity contribution < 1.29 is 9.59 Å². The molecule has 3 rings (SSSR count). The summed E-state index contributed by atoms with van der Waals surface area (Å²) < 4.78 is 1.62. The third-order valence-electron chi connectivity index (χ3n) is 4.14. The monoisotopic (exact) mass is 312 g/mol. The molecule has 0 bridgehead atoms. The van der Waals surface area contributed by atoms with Gasteiger partial charge in [0.05, 0.1) is 17.4 Å². The Hall–Kier alpha value is -2.63. The molecule has 1 aliphatic carbocycles. The molecule has 120 valence electrons. The molecule has 1 fully saturated rings. The van der Waals surface area contributed by atoms with Crippen LogP contribution in [0.5, 0.6) is 0 Å². The average Bonchev–Trinajstić information content (AvgIpc) is 3.11. The van der Waals surface area contributed by atoms with E-state index in [9.17, 15) is 9.59 Å². The van der Waals surface area contributed by atoms with Crippen molar-refractivity contribution in [2.24, 2.45) is 5.92 Å². The van der Waals surface area contributed by atoms with Crippen LogP contribution >= 0.6 is 0 Å². The second-order valence-electron chi connectivity index (χ2n) is 5.79. The van der Waals surface area contributed by atoms with Gasteiger partial charge in [-0.25, -0.2) is 4.68 Å². The number of carbonyl (C=O) groups excluding carboxylic acids is 2. The van der Waals surface area contributed by atoms with Gasteiger partial charge in [0.2, 0.25) is 5.91 Å². The van der Waals surface area contributed by atoms with Crippen molar-refractivity contribution >= 4 is 11.8 Å². The first-order chi connectivity index (χ1) is 11.2. The van der Waals surface area contributed by atoms with Crippen molar-refractivity contribution in [1.29, 1.82) is 0 Å². The first kappa shape index (κ1) is 15.3. The number of hydrogen-bond donors (Lipinski definition) is 2. The van der Waals surface area contributed by atoms with Gasteiger partial charge >= 0.3 is 0 Å². The summed E-state index contributed by atoms with van der Waals surface area (Å²) in [7, 11) is 0. The Bertz CT molecular complexity index is 675. The molecule has 1 saturated carbocycles. The Labute approximate surface area is 134 Å². The molecule has 1 aliphatic rings. The molecule has 1 aromatic carbocycles. The molecular weight excluding hydrogens is 292 g/mol. The lowest BCUT2D eigenvalue weighted by molar-refractivity contribution is -0.126. The maximum Gasteiger partial charge on any atom is 0.272 e. The van der Waals surface area contributed by atoms with Crippen LogP contribution in [0.25, 0.3) is 5.69 Å². The number of aromatic nitrogens is 2. The molecule has 2 aromatic rings. The van der Waals surface area contributed by atoms with Crippen molar-refractivity contribution in [2.75, 3.05) is 0 Å². The van der Waals surface area contributed by atoms with E-state index < -0.39 is 0 Å². The fourth-order valence-corrected chi connectivity index (χ4v) is 2.82. The van der Waals surface area contributed by atoms with Crippen molar-refractivity contribution in [1.82, 2.24) is 20.6 Å². The van der Waals surface area contributed by atoms with Crippen LogP contribution in [0.4, 0.5) is 0 Å². The summed E-state index contributed by atoms with van der Waals surface area (Å²) in [5.74, 6) is -0.457. The number of benzene rings is 1. The van der Waals surface area contributed by atoms with Crippen molar-refractivity contribution in [3.8, 4) is 5.69 Å². The van der Waals surface area contributed by atoms with E-state index in [-0.39, 0.29) is 17.7 Å². The van der Waals surface area contributed by atoms with Gasteiger partial charge in [-0.05, 0) is 25.0 Å². The van der Waals surface area contributed by atoms with Gasteiger partial charge in [-0.1, -0.05) is 37.5 Å². The Morgan fingerprint density at radius 1 is 1.04 bits per heavy atom. The molecule has 1 aromatic heterocycles. The molecule has 6 nitrogen and oxygen atoms in total. The summed E-state index contributed by atoms with van der Waals surface area (Å²) in [6.45, 7) is 0. The average molecular weight is 312 g/mol. The van der Waals surface area contributed by atoms with Crippen molar-refractivity contribution in [3.05, 3.63) is 48.3 Å². The Balaban J connectivity index is 1.56. The van der Waals surface area contributed by atoms with Gasteiger partial charge in [0.1, 0.15) is 0 Å². The molecule has 0 saturated heterocycles. The summed E-state index contributed by atoms with van der Waals surface area (Å²) in [5.41, 5.74) is 6.27. The maximum atomic E-state index is 12.1. The number of carbonyl (C=O) groups is 2. The smallest absolute Gasteiger partial charge is 0.272 e. The van der Waals surface area contributed by atoms with Gasteiger partial charge in [-0.2, -0.15) is 5.10 Å². The zero-order chi connectivity index (χ0) is 16.1. The minimum atomic E-state index is -0.364. The van der Waals surface area contributed by atoms with Crippen LogP contribution in [0, 0.1) is 5.92 Å². The van der Waals surface area contributed by atoms with E-state index in [4.69, 9.17) is 0 Å². The highest BCUT2D eigenvalue weighted by Crippen LogP contribution is 2.23. The highest BCUT2D eigenvalue weighted by molar-refractivity contribution is 5.95. The Morgan fingerprint density at radius 2 is 1.78 bits per heavy atom. The van der Waals surface area contributed by atoms with Crippen LogP contribution in [0.15, 0.2) is 42.7 Å². The number of hydrogen-bond acceptors (Lipinski definition) is 3. The third-order valence-corrected chi connectivity index (χ3v) is 4.14. The first-order valence-corrected chi connectivity index (χ1v) is 7.94.